The van der Waals surface area contributed by atoms with Gasteiger partial charge in [0.25, 0.3) is 5.91 Å². The standard InChI is InChI=1S/C21H20FN5O2/c22-12-3-4-16-17(6-12)27-18(11-25-16)26-13-7-21(8-13)9-14(10-21)29-20-15(19(23)28)2-1-5-24-20/h1-6,11,13-14H,7-10H2,(H2,23,28)(H,26,27). The molecule has 2 aromatic heterocycles. The van der Waals surface area contributed by atoms with Crippen molar-refractivity contribution >= 4 is 22.8 Å². The number of hydrogen-bond donors (Lipinski definition) is 2. The Morgan fingerprint density at radius 1 is 1.17 bits per heavy atom. The lowest BCUT2D eigenvalue weighted by molar-refractivity contribution is -0.0759. The number of halogens is 1. The highest BCUT2D eigenvalue weighted by molar-refractivity contribution is 5.94. The number of rotatable bonds is 5. The van der Waals surface area contributed by atoms with Gasteiger partial charge in [0.05, 0.1) is 17.2 Å². The number of nitrogens with two attached hydrogens (primary N) is 1. The van der Waals surface area contributed by atoms with Gasteiger partial charge in [-0.2, -0.15) is 0 Å². The van der Waals surface area contributed by atoms with Crippen LogP contribution in [0.15, 0.2) is 42.7 Å². The predicted molar refractivity (Wildman–Crippen MR) is 105 cm³/mol. The third kappa shape index (κ3) is 3.35. The molecule has 3 N–H and O–H groups in total. The molecule has 2 heterocycles. The lowest BCUT2D eigenvalue weighted by Gasteiger charge is -2.57. The second-order valence-electron chi connectivity index (χ2n) is 8.01. The van der Waals surface area contributed by atoms with Gasteiger partial charge in [0, 0.05) is 18.3 Å². The van der Waals surface area contributed by atoms with E-state index in [9.17, 15) is 9.18 Å². The van der Waals surface area contributed by atoms with Crippen molar-refractivity contribution in [3.63, 3.8) is 0 Å². The summed E-state index contributed by atoms with van der Waals surface area (Å²) in [6.07, 6.45) is 7.21. The van der Waals surface area contributed by atoms with E-state index in [1.807, 2.05) is 0 Å². The van der Waals surface area contributed by atoms with E-state index in [1.165, 1.54) is 12.1 Å². The number of nitrogens with one attached hydrogen (secondary N) is 1. The van der Waals surface area contributed by atoms with Gasteiger partial charge in [0.1, 0.15) is 23.3 Å². The molecule has 8 heteroatoms. The van der Waals surface area contributed by atoms with E-state index in [0.717, 1.165) is 25.7 Å². The maximum atomic E-state index is 13.4. The van der Waals surface area contributed by atoms with Gasteiger partial charge in [-0.25, -0.2) is 14.4 Å². The van der Waals surface area contributed by atoms with Crippen molar-refractivity contribution in [1.29, 1.82) is 0 Å². The Hall–Kier alpha value is -3.29. The van der Waals surface area contributed by atoms with Crippen LogP contribution in [0.25, 0.3) is 11.0 Å². The molecule has 1 aromatic carbocycles. The summed E-state index contributed by atoms with van der Waals surface area (Å²) in [6, 6.07) is 8.00. The van der Waals surface area contributed by atoms with Crippen LogP contribution >= 0.6 is 0 Å². The number of carbonyl (C=O) groups excluding carboxylic acids is 1. The Morgan fingerprint density at radius 2 is 2.00 bits per heavy atom. The van der Waals surface area contributed by atoms with Crippen molar-refractivity contribution in [3.8, 4) is 5.88 Å². The van der Waals surface area contributed by atoms with Gasteiger partial charge in [-0.15, -0.1) is 0 Å². The molecule has 29 heavy (non-hydrogen) atoms. The van der Waals surface area contributed by atoms with Gasteiger partial charge in [-0.1, -0.05) is 0 Å². The average molecular weight is 393 g/mol. The molecule has 0 bridgehead atoms. The topological polar surface area (TPSA) is 103 Å². The van der Waals surface area contributed by atoms with E-state index in [1.54, 1.807) is 30.6 Å². The molecule has 0 aliphatic heterocycles. The van der Waals surface area contributed by atoms with Gasteiger partial charge in [0.15, 0.2) is 0 Å². The molecule has 0 saturated heterocycles. The molecule has 148 valence electrons. The van der Waals surface area contributed by atoms with Gasteiger partial charge in [-0.05, 0) is 55.4 Å². The highest BCUT2D eigenvalue weighted by Crippen LogP contribution is 2.57. The van der Waals surface area contributed by atoms with Crippen LogP contribution in [0.1, 0.15) is 36.0 Å². The summed E-state index contributed by atoms with van der Waals surface area (Å²) in [5, 5.41) is 3.39. The summed E-state index contributed by atoms with van der Waals surface area (Å²) >= 11 is 0. The molecule has 2 saturated carbocycles. The minimum atomic E-state index is -0.536. The van der Waals surface area contributed by atoms with E-state index in [2.05, 4.69) is 20.3 Å². The van der Waals surface area contributed by atoms with Crippen LogP contribution in [0.3, 0.4) is 0 Å². The summed E-state index contributed by atoms with van der Waals surface area (Å²) in [6.45, 7) is 0. The van der Waals surface area contributed by atoms with Crippen LogP contribution in [0.2, 0.25) is 0 Å². The minimum absolute atomic E-state index is 0.0485. The van der Waals surface area contributed by atoms with E-state index >= 15 is 0 Å². The Balaban J connectivity index is 1.16. The zero-order chi connectivity index (χ0) is 20.0. The second-order valence-corrected chi connectivity index (χ2v) is 8.01. The average Bonchev–Trinajstić information content (AvgIpc) is 2.64. The molecule has 0 unspecified atom stereocenters. The Labute approximate surface area is 166 Å². The van der Waals surface area contributed by atoms with Crippen LogP contribution in [0, 0.1) is 11.2 Å². The van der Waals surface area contributed by atoms with Crippen LogP contribution in [0.4, 0.5) is 10.2 Å². The number of primary amides is 1. The van der Waals surface area contributed by atoms with Crippen molar-refractivity contribution in [3.05, 3.63) is 54.1 Å². The van der Waals surface area contributed by atoms with E-state index in [0.29, 0.717) is 34.3 Å². The Kier molecular flexibility index (Phi) is 4.08. The number of anilines is 1. The number of hydrogen-bond acceptors (Lipinski definition) is 6. The summed E-state index contributed by atoms with van der Waals surface area (Å²) in [5.41, 5.74) is 7.17. The number of nitrogens with zero attached hydrogens (tertiary/aromatic N) is 3. The third-order valence-corrected chi connectivity index (χ3v) is 5.85. The van der Waals surface area contributed by atoms with Gasteiger partial charge < -0.3 is 15.8 Å². The zero-order valence-electron chi connectivity index (χ0n) is 15.6. The van der Waals surface area contributed by atoms with E-state index in [4.69, 9.17) is 10.5 Å². The lowest BCUT2D eigenvalue weighted by atomic mass is 9.53. The molecule has 2 aliphatic rings. The summed E-state index contributed by atoms with van der Waals surface area (Å²) < 4.78 is 19.3. The van der Waals surface area contributed by atoms with Crippen molar-refractivity contribution < 1.29 is 13.9 Å². The molecule has 5 rings (SSSR count). The molecule has 1 spiro atoms. The van der Waals surface area contributed by atoms with Gasteiger partial charge in [-0.3, -0.25) is 9.78 Å². The van der Waals surface area contributed by atoms with Crippen molar-refractivity contribution in [2.45, 2.75) is 37.8 Å². The number of fused-ring (bicyclic) bond motifs is 1. The van der Waals surface area contributed by atoms with Gasteiger partial charge >= 0.3 is 0 Å². The summed E-state index contributed by atoms with van der Waals surface area (Å²) in [7, 11) is 0. The first-order valence-corrected chi connectivity index (χ1v) is 9.60. The maximum absolute atomic E-state index is 13.4. The van der Waals surface area contributed by atoms with E-state index in [-0.39, 0.29) is 17.3 Å². The quantitative estimate of drug-likeness (QED) is 0.691. The van der Waals surface area contributed by atoms with Crippen LogP contribution < -0.4 is 15.8 Å². The van der Waals surface area contributed by atoms with Crippen molar-refractivity contribution in [1.82, 2.24) is 15.0 Å². The largest absolute Gasteiger partial charge is 0.474 e. The molecule has 0 radical (unpaired) electrons. The number of benzene rings is 1. The molecular formula is C21H20FN5O2. The lowest BCUT2D eigenvalue weighted by Crippen LogP contribution is -2.56. The summed E-state index contributed by atoms with van der Waals surface area (Å²) in [4.78, 5) is 24.4. The van der Waals surface area contributed by atoms with E-state index < -0.39 is 5.91 Å². The fourth-order valence-electron chi connectivity index (χ4n) is 4.50. The normalized spacial score (nSPS) is 25.3. The minimum Gasteiger partial charge on any atom is -0.474 e. The molecule has 1 amide bonds. The molecule has 3 aromatic rings. The first kappa shape index (κ1) is 17.8. The van der Waals surface area contributed by atoms with Crippen LogP contribution in [-0.2, 0) is 0 Å². The van der Waals surface area contributed by atoms with Crippen molar-refractivity contribution in [2.75, 3.05) is 5.32 Å². The van der Waals surface area contributed by atoms with Crippen LogP contribution in [-0.4, -0.2) is 33.0 Å². The number of pyridine rings is 1. The number of aromatic nitrogens is 3. The number of carbonyl (C=O) groups is 1. The van der Waals surface area contributed by atoms with Crippen molar-refractivity contribution in [2.24, 2.45) is 11.1 Å². The molecule has 2 fully saturated rings. The molecule has 7 nitrogen and oxygen atoms in total. The zero-order valence-corrected chi connectivity index (χ0v) is 15.6. The van der Waals surface area contributed by atoms with Gasteiger partial charge in [0.2, 0.25) is 5.88 Å². The number of ether oxygens (including phenoxy) is 1. The van der Waals surface area contributed by atoms with Crippen LogP contribution in [0.5, 0.6) is 5.88 Å². The first-order valence-electron chi connectivity index (χ1n) is 9.60. The SMILES string of the molecule is NC(=O)c1cccnc1OC1CC2(CC(Nc3cnc4ccc(F)cc4n3)C2)C1. The fraction of sp³-hybridized carbons (Fsp3) is 0.333. The Bertz CT molecular complexity index is 1090. The Morgan fingerprint density at radius 3 is 2.79 bits per heavy atom. The first-order chi connectivity index (χ1) is 14.0. The maximum Gasteiger partial charge on any atom is 0.254 e. The monoisotopic (exact) mass is 393 g/mol. The molecule has 0 atom stereocenters. The smallest absolute Gasteiger partial charge is 0.254 e. The summed E-state index contributed by atoms with van der Waals surface area (Å²) in [5.74, 6) is 0.119. The third-order valence-electron chi connectivity index (χ3n) is 5.85. The highest BCUT2D eigenvalue weighted by Gasteiger charge is 2.54. The predicted octanol–water partition coefficient (Wildman–Crippen LogP) is 3.06. The molecular weight excluding hydrogens is 373 g/mol. The fourth-order valence-corrected chi connectivity index (χ4v) is 4.50. The second kappa shape index (κ2) is 6.65. The highest BCUT2D eigenvalue weighted by atomic mass is 19.1. The molecule has 2 aliphatic carbocycles. The number of amides is 1.